The standard InChI is InChI=1S/C16H19NO2/c1-10-9-14(12(3)19-10)11(2)17-8-7-13-15(17)5-4-6-16(13)18/h7-9,11H,4-6H2,1-3H3. The quantitative estimate of drug-likeness (QED) is 0.819. The number of carbonyl (C=O) groups is 1. The van der Waals surface area contributed by atoms with Gasteiger partial charge in [0.2, 0.25) is 0 Å². The van der Waals surface area contributed by atoms with Crippen molar-refractivity contribution in [3.8, 4) is 0 Å². The molecule has 0 saturated carbocycles. The van der Waals surface area contributed by atoms with Gasteiger partial charge in [0.15, 0.2) is 5.78 Å². The highest BCUT2D eigenvalue weighted by molar-refractivity contribution is 5.98. The van der Waals surface area contributed by atoms with Gasteiger partial charge in [0, 0.05) is 29.4 Å². The fraction of sp³-hybridized carbons (Fsp3) is 0.438. The van der Waals surface area contributed by atoms with E-state index in [-0.39, 0.29) is 11.8 Å². The Bertz CT molecular complexity index is 633. The molecule has 3 rings (SSSR count). The van der Waals surface area contributed by atoms with Gasteiger partial charge in [-0.05, 0) is 45.7 Å². The van der Waals surface area contributed by atoms with Crippen molar-refractivity contribution in [2.75, 3.05) is 0 Å². The Morgan fingerprint density at radius 2 is 2.11 bits per heavy atom. The molecule has 100 valence electrons. The summed E-state index contributed by atoms with van der Waals surface area (Å²) in [5.41, 5.74) is 3.30. The number of nitrogens with zero attached hydrogens (tertiary/aromatic N) is 1. The van der Waals surface area contributed by atoms with Crippen molar-refractivity contribution in [2.45, 2.75) is 46.1 Å². The summed E-state index contributed by atoms with van der Waals surface area (Å²) < 4.78 is 7.84. The Hall–Kier alpha value is -1.77. The van der Waals surface area contributed by atoms with Crippen LogP contribution in [0, 0.1) is 13.8 Å². The predicted octanol–water partition coefficient (Wildman–Crippen LogP) is 3.83. The van der Waals surface area contributed by atoms with Crippen LogP contribution in [-0.4, -0.2) is 10.4 Å². The lowest BCUT2D eigenvalue weighted by molar-refractivity contribution is 0.0971. The van der Waals surface area contributed by atoms with E-state index in [1.165, 1.54) is 11.3 Å². The summed E-state index contributed by atoms with van der Waals surface area (Å²) in [6.45, 7) is 6.13. The summed E-state index contributed by atoms with van der Waals surface area (Å²) in [5.74, 6) is 2.19. The highest BCUT2D eigenvalue weighted by atomic mass is 16.3. The third-order valence-corrected chi connectivity index (χ3v) is 4.09. The van der Waals surface area contributed by atoms with E-state index < -0.39 is 0 Å². The number of carbonyl (C=O) groups excluding carboxylic acids is 1. The summed E-state index contributed by atoms with van der Waals surface area (Å²) in [6.07, 6.45) is 4.69. The van der Waals surface area contributed by atoms with Crippen molar-refractivity contribution >= 4 is 5.78 Å². The van der Waals surface area contributed by atoms with E-state index in [0.717, 1.165) is 29.9 Å². The van der Waals surface area contributed by atoms with E-state index in [0.29, 0.717) is 6.42 Å². The molecule has 2 aromatic rings. The summed E-state index contributed by atoms with van der Waals surface area (Å²) >= 11 is 0. The zero-order valence-corrected chi connectivity index (χ0v) is 11.7. The van der Waals surface area contributed by atoms with Crippen molar-refractivity contribution in [1.29, 1.82) is 0 Å². The number of furan rings is 1. The van der Waals surface area contributed by atoms with Crippen molar-refractivity contribution in [1.82, 2.24) is 4.57 Å². The van der Waals surface area contributed by atoms with Gasteiger partial charge in [-0.2, -0.15) is 0 Å². The van der Waals surface area contributed by atoms with Crippen LogP contribution in [-0.2, 0) is 6.42 Å². The van der Waals surface area contributed by atoms with Gasteiger partial charge < -0.3 is 8.98 Å². The monoisotopic (exact) mass is 257 g/mol. The molecule has 2 heterocycles. The lowest BCUT2D eigenvalue weighted by atomic mass is 9.96. The molecule has 0 saturated heterocycles. The van der Waals surface area contributed by atoms with E-state index >= 15 is 0 Å². The molecule has 0 amide bonds. The van der Waals surface area contributed by atoms with E-state index in [4.69, 9.17) is 4.42 Å². The predicted molar refractivity (Wildman–Crippen MR) is 73.7 cm³/mol. The van der Waals surface area contributed by atoms with Crippen LogP contribution < -0.4 is 0 Å². The smallest absolute Gasteiger partial charge is 0.164 e. The molecule has 0 N–H and O–H groups in total. The largest absolute Gasteiger partial charge is 0.466 e. The van der Waals surface area contributed by atoms with Gasteiger partial charge >= 0.3 is 0 Å². The molecule has 0 aromatic carbocycles. The molecule has 2 aromatic heterocycles. The van der Waals surface area contributed by atoms with Crippen LogP contribution >= 0.6 is 0 Å². The molecule has 1 aliphatic rings. The maximum atomic E-state index is 11.9. The Morgan fingerprint density at radius 3 is 2.79 bits per heavy atom. The summed E-state index contributed by atoms with van der Waals surface area (Å²) in [4.78, 5) is 11.9. The molecule has 0 fully saturated rings. The normalized spacial score (nSPS) is 16.5. The second kappa shape index (κ2) is 4.41. The number of hydrogen-bond donors (Lipinski definition) is 0. The van der Waals surface area contributed by atoms with Gasteiger partial charge in [0.05, 0.1) is 6.04 Å². The number of fused-ring (bicyclic) bond motifs is 1. The number of Topliss-reactive ketones (excluding diaryl/α,β-unsaturated/α-hetero) is 1. The van der Waals surface area contributed by atoms with E-state index in [1.807, 2.05) is 26.1 Å². The second-order valence-corrected chi connectivity index (χ2v) is 5.40. The van der Waals surface area contributed by atoms with Crippen molar-refractivity contribution in [3.63, 3.8) is 0 Å². The minimum absolute atomic E-state index is 0.215. The first-order chi connectivity index (χ1) is 9.08. The number of rotatable bonds is 2. The highest BCUT2D eigenvalue weighted by Gasteiger charge is 2.24. The minimum Gasteiger partial charge on any atom is -0.466 e. The maximum Gasteiger partial charge on any atom is 0.164 e. The Kier molecular flexibility index (Phi) is 2.85. The molecule has 19 heavy (non-hydrogen) atoms. The molecule has 0 spiro atoms. The van der Waals surface area contributed by atoms with Gasteiger partial charge in [0.1, 0.15) is 11.5 Å². The van der Waals surface area contributed by atoms with Crippen molar-refractivity contribution < 1.29 is 9.21 Å². The number of ketones is 1. The Labute approximate surface area is 113 Å². The fourth-order valence-electron chi connectivity index (χ4n) is 3.13. The number of hydrogen-bond acceptors (Lipinski definition) is 2. The van der Waals surface area contributed by atoms with Crippen LogP contribution in [0.2, 0.25) is 0 Å². The summed E-state index contributed by atoms with van der Waals surface area (Å²) in [5, 5.41) is 0. The van der Waals surface area contributed by atoms with Gasteiger partial charge in [-0.15, -0.1) is 0 Å². The van der Waals surface area contributed by atoms with Gasteiger partial charge in [-0.3, -0.25) is 4.79 Å². The first-order valence-corrected chi connectivity index (χ1v) is 6.87. The topological polar surface area (TPSA) is 35.1 Å². The molecule has 1 unspecified atom stereocenters. The average Bonchev–Trinajstić information content (AvgIpc) is 2.93. The molecule has 3 heteroatoms. The van der Waals surface area contributed by atoms with Gasteiger partial charge in [-0.1, -0.05) is 0 Å². The fourth-order valence-corrected chi connectivity index (χ4v) is 3.13. The summed E-state index contributed by atoms with van der Waals surface area (Å²) in [6, 6.07) is 4.28. The molecular formula is C16H19NO2. The van der Waals surface area contributed by atoms with Crippen molar-refractivity contribution in [2.24, 2.45) is 0 Å². The Morgan fingerprint density at radius 1 is 1.32 bits per heavy atom. The molecule has 0 bridgehead atoms. The third-order valence-electron chi connectivity index (χ3n) is 4.09. The van der Waals surface area contributed by atoms with Crippen LogP contribution in [0.1, 0.15) is 58.9 Å². The molecule has 3 nitrogen and oxygen atoms in total. The van der Waals surface area contributed by atoms with Gasteiger partial charge in [0.25, 0.3) is 0 Å². The Balaban J connectivity index is 2.03. The second-order valence-electron chi connectivity index (χ2n) is 5.40. The van der Waals surface area contributed by atoms with E-state index in [9.17, 15) is 4.79 Å². The molecule has 0 radical (unpaired) electrons. The third kappa shape index (κ3) is 1.93. The van der Waals surface area contributed by atoms with Gasteiger partial charge in [-0.25, -0.2) is 0 Å². The number of aryl methyl sites for hydroxylation is 2. The van der Waals surface area contributed by atoms with Crippen LogP contribution in [0.3, 0.4) is 0 Å². The highest BCUT2D eigenvalue weighted by Crippen LogP contribution is 2.30. The molecular weight excluding hydrogens is 238 g/mol. The van der Waals surface area contributed by atoms with E-state index in [2.05, 4.69) is 17.6 Å². The van der Waals surface area contributed by atoms with Crippen LogP contribution in [0.4, 0.5) is 0 Å². The zero-order chi connectivity index (χ0) is 13.6. The number of aromatic nitrogens is 1. The first kappa shape index (κ1) is 12.3. The summed E-state index contributed by atoms with van der Waals surface area (Å²) in [7, 11) is 0. The first-order valence-electron chi connectivity index (χ1n) is 6.87. The van der Waals surface area contributed by atoms with Crippen molar-refractivity contribution in [3.05, 3.63) is 46.7 Å². The van der Waals surface area contributed by atoms with E-state index in [1.54, 1.807) is 0 Å². The molecule has 0 aliphatic heterocycles. The van der Waals surface area contributed by atoms with Crippen LogP contribution in [0.5, 0.6) is 0 Å². The SMILES string of the molecule is Cc1cc(C(C)n2ccc3c2CCCC3=O)c(C)o1. The van der Waals surface area contributed by atoms with Crippen LogP contribution in [0.15, 0.2) is 22.7 Å². The maximum absolute atomic E-state index is 11.9. The average molecular weight is 257 g/mol. The molecule has 1 aliphatic carbocycles. The van der Waals surface area contributed by atoms with Crippen LogP contribution in [0.25, 0.3) is 0 Å². The minimum atomic E-state index is 0.215. The zero-order valence-electron chi connectivity index (χ0n) is 11.7. The lowest BCUT2D eigenvalue weighted by Gasteiger charge is -2.20. The lowest BCUT2D eigenvalue weighted by Crippen LogP contribution is -2.16. The molecule has 1 atom stereocenters.